The van der Waals surface area contributed by atoms with Gasteiger partial charge in [-0.05, 0) is 0 Å². The van der Waals surface area contributed by atoms with Crippen LogP contribution in [0.1, 0.15) is 0 Å². The van der Waals surface area contributed by atoms with Crippen molar-refractivity contribution in [3.8, 4) is 0 Å². The van der Waals surface area contributed by atoms with Gasteiger partial charge in [0.25, 0.3) is 0 Å². The van der Waals surface area contributed by atoms with E-state index >= 15 is 0 Å². The van der Waals surface area contributed by atoms with Crippen molar-refractivity contribution < 1.29 is 13.5 Å². The van der Waals surface area contributed by atoms with Crippen molar-refractivity contribution in [1.82, 2.24) is 4.31 Å². The van der Waals surface area contributed by atoms with Crippen molar-refractivity contribution in [2.75, 3.05) is 37.0 Å². The van der Waals surface area contributed by atoms with E-state index in [1.54, 1.807) is 11.8 Å². The molecule has 0 spiro atoms. The Morgan fingerprint density at radius 2 is 1.92 bits per heavy atom. The summed E-state index contributed by atoms with van der Waals surface area (Å²) in [6.45, 7) is 0.895. The highest BCUT2D eigenvalue weighted by Crippen LogP contribution is 2.12. The molecule has 1 rings (SSSR count). The fourth-order valence-corrected chi connectivity index (χ4v) is 3.43. The van der Waals surface area contributed by atoms with Crippen molar-refractivity contribution in [3.63, 3.8) is 0 Å². The lowest BCUT2D eigenvalue weighted by molar-refractivity contribution is 0.315. The number of rotatable bonds is 3. The van der Waals surface area contributed by atoms with Crippen LogP contribution in [0, 0.1) is 0 Å². The Morgan fingerprint density at radius 1 is 1.33 bits per heavy atom. The van der Waals surface area contributed by atoms with Crippen LogP contribution in [0.5, 0.6) is 0 Å². The second kappa shape index (κ2) is 4.45. The standard InChI is InChI=1S/C6H13NO3S2/c8-3-6-12(9,10)7-1-4-11-5-2-7/h8H,1-6H2. The molecule has 1 fully saturated rings. The molecule has 4 nitrogen and oxygen atoms in total. The van der Waals surface area contributed by atoms with Crippen LogP contribution in [0.4, 0.5) is 0 Å². The average molecular weight is 211 g/mol. The van der Waals surface area contributed by atoms with Crippen molar-refractivity contribution in [2.45, 2.75) is 0 Å². The normalized spacial score (nSPS) is 21.1. The topological polar surface area (TPSA) is 57.6 Å². The van der Waals surface area contributed by atoms with Crippen LogP contribution in [0.15, 0.2) is 0 Å². The third-order valence-electron chi connectivity index (χ3n) is 1.71. The fraction of sp³-hybridized carbons (Fsp3) is 1.00. The molecule has 0 saturated carbocycles. The van der Waals surface area contributed by atoms with Gasteiger partial charge in [0.2, 0.25) is 10.0 Å². The largest absolute Gasteiger partial charge is 0.395 e. The van der Waals surface area contributed by atoms with E-state index in [4.69, 9.17) is 5.11 Å². The Balaban J connectivity index is 2.54. The molecule has 0 atom stereocenters. The van der Waals surface area contributed by atoms with E-state index in [-0.39, 0.29) is 12.4 Å². The van der Waals surface area contributed by atoms with Gasteiger partial charge in [-0.3, -0.25) is 0 Å². The number of aliphatic hydroxyl groups excluding tert-OH is 1. The molecule has 1 N–H and O–H groups in total. The molecular formula is C6H13NO3S2. The summed E-state index contributed by atoms with van der Waals surface area (Å²) in [7, 11) is -3.16. The number of hydrogen-bond donors (Lipinski definition) is 1. The quantitative estimate of drug-likeness (QED) is 0.674. The first-order valence-electron chi connectivity index (χ1n) is 3.83. The van der Waals surface area contributed by atoms with Gasteiger partial charge in [-0.25, -0.2) is 12.7 Å². The second-order valence-electron chi connectivity index (χ2n) is 2.55. The minimum absolute atomic E-state index is 0.141. The molecule has 0 aromatic heterocycles. The van der Waals surface area contributed by atoms with Crippen LogP contribution in [0.2, 0.25) is 0 Å². The molecule has 1 heterocycles. The second-order valence-corrected chi connectivity index (χ2v) is 5.86. The molecule has 72 valence electrons. The van der Waals surface area contributed by atoms with E-state index in [9.17, 15) is 8.42 Å². The monoisotopic (exact) mass is 211 g/mol. The first-order valence-corrected chi connectivity index (χ1v) is 6.59. The molecule has 0 unspecified atom stereocenters. The molecule has 1 aliphatic heterocycles. The van der Waals surface area contributed by atoms with Gasteiger partial charge in [0, 0.05) is 24.6 Å². The number of aliphatic hydroxyl groups is 1. The summed E-state index contributed by atoms with van der Waals surface area (Å²) in [5, 5.41) is 8.52. The summed E-state index contributed by atoms with van der Waals surface area (Å²) in [6.07, 6.45) is 0. The van der Waals surface area contributed by atoms with E-state index < -0.39 is 10.0 Å². The highest BCUT2D eigenvalue weighted by molar-refractivity contribution is 7.99. The summed E-state index contributed by atoms with van der Waals surface area (Å²) in [5.41, 5.74) is 0. The Hall–Kier alpha value is 0.220. The maximum Gasteiger partial charge on any atom is 0.216 e. The molecule has 1 aliphatic rings. The SMILES string of the molecule is O=S(=O)(CCO)N1CCSCC1. The number of hydrogen-bond acceptors (Lipinski definition) is 4. The van der Waals surface area contributed by atoms with Crippen molar-refractivity contribution in [2.24, 2.45) is 0 Å². The lowest BCUT2D eigenvalue weighted by Gasteiger charge is -2.25. The highest BCUT2D eigenvalue weighted by atomic mass is 32.2. The minimum atomic E-state index is -3.16. The Morgan fingerprint density at radius 3 is 2.42 bits per heavy atom. The summed E-state index contributed by atoms with van der Waals surface area (Å²) in [6, 6.07) is 0. The third-order valence-corrected chi connectivity index (χ3v) is 4.51. The summed E-state index contributed by atoms with van der Waals surface area (Å²) < 4.78 is 24.1. The van der Waals surface area contributed by atoms with Crippen molar-refractivity contribution >= 4 is 21.8 Å². The maximum absolute atomic E-state index is 11.3. The number of thioether (sulfide) groups is 1. The van der Waals surface area contributed by atoms with Gasteiger partial charge in [0.1, 0.15) is 0 Å². The van der Waals surface area contributed by atoms with Crippen LogP contribution in [0.25, 0.3) is 0 Å². The first-order chi connectivity index (χ1) is 5.67. The molecule has 0 radical (unpaired) electrons. The van der Waals surface area contributed by atoms with Crippen LogP contribution in [0.3, 0.4) is 0 Å². The lowest BCUT2D eigenvalue weighted by Crippen LogP contribution is -2.39. The van der Waals surface area contributed by atoms with Gasteiger partial charge >= 0.3 is 0 Å². The zero-order chi connectivity index (χ0) is 9.03. The lowest BCUT2D eigenvalue weighted by atomic mass is 10.6. The molecule has 0 aromatic carbocycles. The zero-order valence-electron chi connectivity index (χ0n) is 6.77. The van der Waals surface area contributed by atoms with Gasteiger partial charge in [-0.15, -0.1) is 0 Å². The molecular weight excluding hydrogens is 198 g/mol. The van der Waals surface area contributed by atoms with E-state index in [0.29, 0.717) is 13.1 Å². The Kier molecular flexibility index (Phi) is 3.82. The molecule has 6 heteroatoms. The Bertz CT molecular complexity index is 221. The molecule has 0 bridgehead atoms. The van der Waals surface area contributed by atoms with E-state index in [2.05, 4.69) is 0 Å². The number of sulfonamides is 1. The summed E-state index contributed by atoms with van der Waals surface area (Å²) in [5.74, 6) is 1.59. The van der Waals surface area contributed by atoms with Crippen LogP contribution in [-0.2, 0) is 10.0 Å². The van der Waals surface area contributed by atoms with Crippen molar-refractivity contribution in [1.29, 1.82) is 0 Å². The third kappa shape index (κ3) is 2.62. The van der Waals surface area contributed by atoms with Gasteiger partial charge in [0.15, 0.2) is 0 Å². The predicted molar refractivity (Wildman–Crippen MR) is 49.8 cm³/mol. The Labute approximate surface area is 77.0 Å². The zero-order valence-corrected chi connectivity index (χ0v) is 8.40. The van der Waals surface area contributed by atoms with Gasteiger partial charge in [-0.2, -0.15) is 11.8 Å². The molecule has 0 aliphatic carbocycles. The van der Waals surface area contributed by atoms with Gasteiger partial charge in [-0.1, -0.05) is 0 Å². The van der Waals surface area contributed by atoms with E-state index in [1.165, 1.54) is 4.31 Å². The molecule has 0 amide bonds. The first kappa shape index (κ1) is 10.3. The summed E-state index contributed by atoms with van der Waals surface area (Å²) >= 11 is 1.76. The smallest absolute Gasteiger partial charge is 0.216 e. The number of nitrogens with zero attached hydrogens (tertiary/aromatic N) is 1. The molecule has 12 heavy (non-hydrogen) atoms. The van der Waals surface area contributed by atoms with Crippen LogP contribution >= 0.6 is 11.8 Å². The average Bonchev–Trinajstić information content (AvgIpc) is 2.06. The van der Waals surface area contributed by atoms with Crippen molar-refractivity contribution in [3.05, 3.63) is 0 Å². The fourth-order valence-electron chi connectivity index (χ4n) is 1.07. The van der Waals surface area contributed by atoms with Crippen LogP contribution in [-0.4, -0.2) is 54.8 Å². The van der Waals surface area contributed by atoms with E-state index in [0.717, 1.165) is 11.5 Å². The molecule has 0 aromatic rings. The van der Waals surface area contributed by atoms with Crippen LogP contribution < -0.4 is 0 Å². The van der Waals surface area contributed by atoms with E-state index in [1.807, 2.05) is 0 Å². The summed E-state index contributed by atoms with van der Waals surface area (Å²) in [4.78, 5) is 0. The molecule has 1 saturated heterocycles. The van der Waals surface area contributed by atoms with Gasteiger partial charge < -0.3 is 5.11 Å². The predicted octanol–water partition coefficient (Wildman–Crippen LogP) is -0.643. The highest BCUT2D eigenvalue weighted by Gasteiger charge is 2.22. The van der Waals surface area contributed by atoms with Gasteiger partial charge in [0.05, 0.1) is 12.4 Å². The maximum atomic E-state index is 11.3. The minimum Gasteiger partial charge on any atom is -0.395 e.